The van der Waals surface area contributed by atoms with E-state index in [2.05, 4.69) is 25.4 Å². The van der Waals surface area contributed by atoms with Crippen LogP contribution in [0.4, 0.5) is 5.95 Å². The van der Waals surface area contributed by atoms with Gasteiger partial charge in [0.2, 0.25) is 5.95 Å². The average molecular weight is 309 g/mol. The van der Waals surface area contributed by atoms with Gasteiger partial charge in [0, 0.05) is 48.4 Å². The number of hydrogen-bond acceptors (Lipinski definition) is 6. The summed E-state index contributed by atoms with van der Waals surface area (Å²) in [5.74, 6) is 1.55. The Morgan fingerprint density at radius 3 is 2.52 bits per heavy atom. The number of nitrogens with one attached hydrogen (secondary N) is 1. The summed E-state index contributed by atoms with van der Waals surface area (Å²) in [6.07, 6.45) is 5.23. The molecule has 6 nitrogen and oxygen atoms in total. The SMILES string of the molecule is Cc1cc(C)nc(NCCCc2cc(-c3ccncc3)no2)n1. The second-order valence-electron chi connectivity index (χ2n) is 5.42. The van der Waals surface area contributed by atoms with Crippen LogP contribution in [0.1, 0.15) is 23.6 Å². The first-order chi connectivity index (χ1) is 11.2. The van der Waals surface area contributed by atoms with E-state index in [4.69, 9.17) is 4.52 Å². The minimum atomic E-state index is 0.678. The van der Waals surface area contributed by atoms with Crippen molar-refractivity contribution in [2.75, 3.05) is 11.9 Å². The second-order valence-corrected chi connectivity index (χ2v) is 5.42. The summed E-state index contributed by atoms with van der Waals surface area (Å²) in [5, 5.41) is 7.34. The summed E-state index contributed by atoms with van der Waals surface area (Å²) in [6, 6.07) is 7.77. The largest absolute Gasteiger partial charge is 0.361 e. The van der Waals surface area contributed by atoms with Crippen molar-refractivity contribution in [3.8, 4) is 11.3 Å². The summed E-state index contributed by atoms with van der Waals surface area (Å²) in [7, 11) is 0. The minimum absolute atomic E-state index is 0.678. The molecule has 0 amide bonds. The molecule has 6 heteroatoms. The molecule has 0 saturated carbocycles. The highest BCUT2D eigenvalue weighted by Crippen LogP contribution is 2.18. The van der Waals surface area contributed by atoms with Crippen molar-refractivity contribution in [2.45, 2.75) is 26.7 Å². The number of pyridine rings is 1. The molecule has 3 rings (SSSR count). The number of nitrogens with zero attached hydrogens (tertiary/aromatic N) is 4. The fraction of sp³-hybridized carbons (Fsp3) is 0.294. The first kappa shape index (κ1) is 15.1. The van der Waals surface area contributed by atoms with Gasteiger partial charge in [0.25, 0.3) is 0 Å². The minimum Gasteiger partial charge on any atom is -0.361 e. The van der Waals surface area contributed by atoms with Crippen molar-refractivity contribution in [1.29, 1.82) is 0 Å². The fourth-order valence-corrected chi connectivity index (χ4v) is 2.36. The Balaban J connectivity index is 1.50. The lowest BCUT2D eigenvalue weighted by molar-refractivity contribution is 0.383. The molecule has 0 unspecified atom stereocenters. The third kappa shape index (κ3) is 4.12. The summed E-state index contributed by atoms with van der Waals surface area (Å²) in [6.45, 7) is 4.72. The Kier molecular flexibility index (Phi) is 4.61. The molecule has 23 heavy (non-hydrogen) atoms. The zero-order chi connectivity index (χ0) is 16.1. The molecule has 0 bridgehead atoms. The third-order valence-electron chi connectivity index (χ3n) is 3.40. The average Bonchev–Trinajstić information content (AvgIpc) is 3.00. The predicted octanol–water partition coefficient (Wildman–Crippen LogP) is 3.19. The van der Waals surface area contributed by atoms with E-state index in [0.717, 1.165) is 47.8 Å². The molecule has 3 aromatic rings. The number of anilines is 1. The van der Waals surface area contributed by atoms with Crippen molar-refractivity contribution in [1.82, 2.24) is 20.1 Å². The Labute approximate surface area is 135 Å². The third-order valence-corrected chi connectivity index (χ3v) is 3.40. The van der Waals surface area contributed by atoms with Crippen molar-refractivity contribution < 1.29 is 4.52 Å². The van der Waals surface area contributed by atoms with Gasteiger partial charge in [-0.3, -0.25) is 4.98 Å². The molecule has 3 aromatic heterocycles. The summed E-state index contributed by atoms with van der Waals surface area (Å²) < 4.78 is 5.38. The van der Waals surface area contributed by atoms with E-state index < -0.39 is 0 Å². The van der Waals surface area contributed by atoms with Crippen molar-refractivity contribution in [3.63, 3.8) is 0 Å². The zero-order valence-corrected chi connectivity index (χ0v) is 13.3. The van der Waals surface area contributed by atoms with Gasteiger partial charge < -0.3 is 9.84 Å². The van der Waals surface area contributed by atoms with Gasteiger partial charge in [-0.05, 0) is 38.5 Å². The molecule has 0 aliphatic heterocycles. The van der Waals surface area contributed by atoms with E-state index in [1.807, 2.05) is 38.1 Å². The maximum absolute atomic E-state index is 5.38. The lowest BCUT2D eigenvalue weighted by Crippen LogP contribution is -2.07. The van der Waals surface area contributed by atoms with E-state index in [1.54, 1.807) is 12.4 Å². The predicted molar refractivity (Wildman–Crippen MR) is 88.1 cm³/mol. The van der Waals surface area contributed by atoms with E-state index in [9.17, 15) is 0 Å². The number of aryl methyl sites for hydroxylation is 3. The van der Waals surface area contributed by atoms with Crippen LogP contribution in [0.3, 0.4) is 0 Å². The molecule has 0 aromatic carbocycles. The number of rotatable bonds is 6. The fourth-order valence-electron chi connectivity index (χ4n) is 2.36. The molecule has 0 fully saturated rings. The zero-order valence-electron chi connectivity index (χ0n) is 13.3. The molecular formula is C17H19N5O. The molecule has 0 radical (unpaired) electrons. The van der Waals surface area contributed by atoms with Gasteiger partial charge >= 0.3 is 0 Å². The maximum atomic E-state index is 5.38. The quantitative estimate of drug-likeness (QED) is 0.705. The van der Waals surface area contributed by atoms with Gasteiger partial charge in [0.1, 0.15) is 11.5 Å². The Morgan fingerprint density at radius 1 is 1.04 bits per heavy atom. The highest BCUT2D eigenvalue weighted by Gasteiger charge is 2.06. The molecule has 0 saturated heterocycles. The Morgan fingerprint density at radius 2 is 1.78 bits per heavy atom. The van der Waals surface area contributed by atoms with Crippen LogP contribution in [-0.2, 0) is 6.42 Å². The molecule has 1 N–H and O–H groups in total. The van der Waals surface area contributed by atoms with Crippen LogP contribution >= 0.6 is 0 Å². The smallest absolute Gasteiger partial charge is 0.223 e. The summed E-state index contributed by atoms with van der Waals surface area (Å²) in [4.78, 5) is 12.7. The van der Waals surface area contributed by atoms with Crippen molar-refractivity contribution >= 4 is 5.95 Å². The van der Waals surface area contributed by atoms with E-state index in [-0.39, 0.29) is 0 Å². The highest BCUT2D eigenvalue weighted by atomic mass is 16.5. The first-order valence-corrected chi connectivity index (χ1v) is 7.63. The van der Waals surface area contributed by atoms with E-state index in [0.29, 0.717) is 5.95 Å². The molecular weight excluding hydrogens is 290 g/mol. The standard InChI is InChI=1S/C17H19N5O/c1-12-10-13(2)21-17(20-12)19-7-3-4-15-11-16(22-23-15)14-5-8-18-9-6-14/h5-6,8-11H,3-4,7H2,1-2H3,(H,19,20,21). The van der Waals surface area contributed by atoms with Crippen LogP contribution in [0.15, 0.2) is 41.2 Å². The molecule has 0 aliphatic rings. The molecule has 0 aliphatic carbocycles. The van der Waals surface area contributed by atoms with Gasteiger partial charge in [-0.2, -0.15) is 0 Å². The van der Waals surface area contributed by atoms with E-state index in [1.165, 1.54) is 0 Å². The molecule has 118 valence electrons. The van der Waals surface area contributed by atoms with Gasteiger partial charge in [-0.25, -0.2) is 9.97 Å². The molecule has 3 heterocycles. The van der Waals surface area contributed by atoms with Crippen molar-refractivity contribution in [3.05, 3.63) is 53.8 Å². The Hall–Kier alpha value is -2.76. The van der Waals surface area contributed by atoms with Gasteiger partial charge in [0.15, 0.2) is 0 Å². The first-order valence-electron chi connectivity index (χ1n) is 7.63. The Bertz CT molecular complexity index is 749. The van der Waals surface area contributed by atoms with Gasteiger partial charge in [0.05, 0.1) is 0 Å². The monoisotopic (exact) mass is 309 g/mol. The van der Waals surface area contributed by atoms with Crippen LogP contribution < -0.4 is 5.32 Å². The van der Waals surface area contributed by atoms with Crippen LogP contribution in [0.5, 0.6) is 0 Å². The van der Waals surface area contributed by atoms with Crippen LogP contribution in [-0.4, -0.2) is 26.7 Å². The van der Waals surface area contributed by atoms with Crippen LogP contribution in [0, 0.1) is 13.8 Å². The van der Waals surface area contributed by atoms with Crippen LogP contribution in [0.25, 0.3) is 11.3 Å². The second kappa shape index (κ2) is 7.00. The summed E-state index contributed by atoms with van der Waals surface area (Å²) in [5.41, 5.74) is 3.79. The highest BCUT2D eigenvalue weighted by molar-refractivity contribution is 5.57. The normalized spacial score (nSPS) is 10.7. The summed E-state index contributed by atoms with van der Waals surface area (Å²) >= 11 is 0. The van der Waals surface area contributed by atoms with Gasteiger partial charge in [-0.1, -0.05) is 5.16 Å². The van der Waals surface area contributed by atoms with Crippen molar-refractivity contribution in [2.24, 2.45) is 0 Å². The maximum Gasteiger partial charge on any atom is 0.223 e. The molecule has 0 atom stereocenters. The van der Waals surface area contributed by atoms with Crippen LogP contribution in [0.2, 0.25) is 0 Å². The molecule has 0 spiro atoms. The van der Waals surface area contributed by atoms with Gasteiger partial charge in [-0.15, -0.1) is 0 Å². The lowest BCUT2D eigenvalue weighted by Gasteiger charge is -2.05. The topological polar surface area (TPSA) is 76.7 Å². The number of hydrogen-bond donors (Lipinski definition) is 1. The van der Waals surface area contributed by atoms with E-state index >= 15 is 0 Å². The lowest BCUT2D eigenvalue weighted by atomic mass is 10.1. The number of aromatic nitrogens is 4.